The maximum absolute atomic E-state index is 9.28. The van der Waals surface area contributed by atoms with Gasteiger partial charge in [0.2, 0.25) is 0 Å². The molecule has 0 aliphatic carbocycles. The first kappa shape index (κ1) is 42.2. The Kier molecular flexibility index (Phi) is 11.1. The minimum atomic E-state index is -0.568. The quantitative estimate of drug-likeness (QED) is 0.121. The van der Waals surface area contributed by atoms with E-state index in [2.05, 4.69) is 152 Å². The number of para-hydroxylation sites is 3. The van der Waals surface area contributed by atoms with Gasteiger partial charge >= 0.3 is 0 Å². The second-order valence-corrected chi connectivity index (χ2v) is 23.4. The monoisotopic (exact) mass is 1250 g/mol. The summed E-state index contributed by atoms with van der Waals surface area (Å²) < 4.78 is 101. The second-order valence-electron chi connectivity index (χ2n) is 22.3. The normalized spacial score (nSPS) is 14.4. The minimum Gasteiger partial charge on any atom is -0.509 e. The van der Waals surface area contributed by atoms with Crippen molar-refractivity contribution in [2.45, 2.75) is 85.5 Å². The maximum atomic E-state index is 9.28. The zero-order valence-corrected chi connectivity index (χ0v) is 49.0. The van der Waals surface area contributed by atoms with Gasteiger partial charge in [-0.3, -0.25) is 0 Å². The van der Waals surface area contributed by atoms with Gasteiger partial charge in [-0.2, -0.15) is 6.07 Å². The molecule has 0 saturated carbocycles. The second kappa shape index (κ2) is 21.0. The van der Waals surface area contributed by atoms with Crippen LogP contribution in [-0.4, -0.2) is 9.55 Å². The topological polar surface area (TPSA) is 33.5 Å². The summed E-state index contributed by atoms with van der Waals surface area (Å²) >= 11 is 1.78. The van der Waals surface area contributed by atoms with Crippen LogP contribution in [0.5, 0.6) is 11.5 Å². The van der Waals surface area contributed by atoms with E-state index in [1.807, 2.05) is 54.2 Å². The molecule has 400 valence electrons. The molecule has 9 aromatic carbocycles. The van der Waals surface area contributed by atoms with Crippen molar-refractivity contribution in [3.05, 3.63) is 235 Å². The first-order valence-corrected chi connectivity index (χ1v) is 27.8. The van der Waals surface area contributed by atoms with Crippen LogP contribution in [0, 0.1) is 18.8 Å². The molecule has 4 heterocycles. The average Bonchev–Trinajstić information content (AvgIpc) is 1.51. The summed E-state index contributed by atoms with van der Waals surface area (Å²) in [6.07, 6.45) is 1.87. The molecule has 0 amide bonds. The van der Waals surface area contributed by atoms with E-state index < -0.39 is 60.4 Å². The van der Waals surface area contributed by atoms with Crippen molar-refractivity contribution in [1.82, 2.24) is 9.55 Å². The summed E-state index contributed by atoms with van der Waals surface area (Å²) in [5.74, 6) is 2.06. The third kappa shape index (κ3) is 9.30. The van der Waals surface area contributed by atoms with Gasteiger partial charge in [0.1, 0.15) is 5.82 Å². The maximum Gasteiger partial charge on any atom is 0.135 e. The van der Waals surface area contributed by atoms with E-state index >= 15 is 0 Å². The fraction of sp³-hybridized carbons (Fsp3) is 0.178. The summed E-state index contributed by atoms with van der Waals surface area (Å²) in [6.45, 7) is 21.7. The van der Waals surface area contributed by atoms with E-state index in [9.17, 15) is 5.48 Å². The predicted octanol–water partition coefficient (Wildman–Crippen LogP) is 21.0. The molecule has 0 saturated heterocycles. The van der Waals surface area contributed by atoms with Crippen LogP contribution in [-0.2, 0) is 26.5 Å². The Morgan fingerprint density at radius 1 is 0.600 bits per heavy atom. The van der Waals surface area contributed by atoms with Crippen molar-refractivity contribution in [1.29, 1.82) is 0 Å². The number of anilines is 4. The van der Waals surface area contributed by atoms with Crippen molar-refractivity contribution in [2.75, 3.05) is 9.80 Å². The number of nitrogens with zero attached hydrogens (tertiary/aromatic N) is 4. The van der Waals surface area contributed by atoms with E-state index in [-0.39, 0.29) is 72.2 Å². The molecule has 0 atom stereocenters. The number of thiophene rings is 1. The standard InChI is InChI=1S/C73H63N4OS.Pt/c1-45(2)50-39-61(46(3)4)69(62(40-50)47(5)6)51-37-53(75-44-76(64-29-18-17-28-63(64)75)71-56(48-21-12-10-13-22-48)26-20-27-57(71)49-23-14-11-15-24-49)42-55(38-51)78-54-31-32-60-66(43-54)77(68-41-52(35-36-74-68)73(7,8)9)65-34-33-59-58-25-16-19-30-67(58)79-72(59)70(60)65;/h10-41,44-47H,1-9H3;/q-3;/i10D,11D,12D,13D,14D,15D,21D,22D,23D,24D;. The molecule has 80 heavy (non-hydrogen) atoms. The fourth-order valence-electron chi connectivity index (χ4n) is 11.2. The Labute approximate surface area is 503 Å². The average molecular weight is 1250 g/mol. The predicted molar refractivity (Wildman–Crippen MR) is 334 cm³/mol. The fourth-order valence-corrected chi connectivity index (χ4v) is 12.5. The molecule has 1 aliphatic rings. The molecule has 1 aliphatic heterocycles. The molecule has 3 aromatic heterocycles. The Balaban J connectivity index is 0.00000785. The Morgan fingerprint density at radius 3 is 1.89 bits per heavy atom. The van der Waals surface area contributed by atoms with Crippen molar-refractivity contribution in [3.8, 4) is 50.7 Å². The van der Waals surface area contributed by atoms with Crippen molar-refractivity contribution in [2.24, 2.45) is 0 Å². The van der Waals surface area contributed by atoms with E-state index in [1.165, 1.54) is 36.9 Å². The van der Waals surface area contributed by atoms with E-state index in [0.29, 0.717) is 28.6 Å². The number of benzene rings is 9. The molecule has 0 unspecified atom stereocenters. The van der Waals surface area contributed by atoms with Crippen LogP contribution < -0.4 is 14.5 Å². The number of rotatable bonds is 11. The van der Waals surface area contributed by atoms with Gasteiger partial charge < -0.3 is 19.1 Å². The van der Waals surface area contributed by atoms with Crippen LogP contribution in [0.4, 0.5) is 22.7 Å². The summed E-state index contributed by atoms with van der Waals surface area (Å²) in [6, 6.07) is 44.7. The largest absolute Gasteiger partial charge is 0.509 e. The summed E-state index contributed by atoms with van der Waals surface area (Å²) in [7, 11) is 0. The van der Waals surface area contributed by atoms with Gasteiger partial charge in [0.15, 0.2) is 0 Å². The molecule has 12 aromatic rings. The van der Waals surface area contributed by atoms with Gasteiger partial charge in [-0.25, -0.2) is 4.98 Å². The van der Waals surface area contributed by atoms with Gasteiger partial charge in [-0.1, -0.05) is 195 Å². The van der Waals surface area contributed by atoms with Crippen LogP contribution in [0.25, 0.3) is 81.2 Å². The van der Waals surface area contributed by atoms with Crippen molar-refractivity contribution < 1.29 is 39.5 Å². The molecular formula is C73H63N4OPtS-3. The Hall–Kier alpha value is -7.76. The van der Waals surface area contributed by atoms with Crippen LogP contribution >= 0.6 is 11.3 Å². The third-order valence-electron chi connectivity index (χ3n) is 15.2. The number of aromatic nitrogens is 2. The first-order valence-electron chi connectivity index (χ1n) is 31.9. The van der Waals surface area contributed by atoms with Gasteiger partial charge in [-0.15, -0.1) is 65.0 Å². The molecule has 0 N–H and O–H groups in total. The first-order chi connectivity index (χ1) is 42.4. The summed E-state index contributed by atoms with van der Waals surface area (Å²) in [5.41, 5.74) is 10.4. The van der Waals surface area contributed by atoms with Crippen LogP contribution in [0.15, 0.2) is 194 Å². The summed E-state index contributed by atoms with van der Waals surface area (Å²) in [5, 5.41) is 4.47. The zero-order chi connectivity index (χ0) is 63.0. The SMILES string of the molecule is [2H]c1c([2H])c([2H])c(-c2cccc(-c3c([2H])c([2H])c([2H])c([2H])c3[2H])c2N2[CH-]N(c3[c-]c(Oc4[c-]c5c(cc4)c4c6sc7ccccc7c6ccc4n5-c4cc(C(C)(C)C)ccn4)cc(-c4c(C(C)C)cc(C(C)C)cc4C(C)C)c3)c3ccccc32)c([2H])c1[2H].[Pt]. The van der Waals surface area contributed by atoms with Crippen LogP contribution in [0.2, 0.25) is 0 Å². The zero-order valence-electron chi connectivity index (χ0n) is 55.9. The van der Waals surface area contributed by atoms with Gasteiger partial charge in [0.05, 0.1) is 13.7 Å². The van der Waals surface area contributed by atoms with Gasteiger partial charge in [0.25, 0.3) is 0 Å². The van der Waals surface area contributed by atoms with Gasteiger partial charge in [-0.05, 0) is 104 Å². The third-order valence-corrected chi connectivity index (χ3v) is 16.4. The molecule has 7 heteroatoms. The number of hydrogen-bond donors (Lipinski definition) is 0. The summed E-state index contributed by atoms with van der Waals surface area (Å²) in [4.78, 5) is 8.78. The van der Waals surface area contributed by atoms with Crippen molar-refractivity contribution in [3.63, 3.8) is 0 Å². The van der Waals surface area contributed by atoms with E-state index in [0.717, 1.165) is 44.3 Å². The minimum absolute atomic E-state index is 0. The number of fused-ring (bicyclic) bond motifs is 8. The van der Waals surface area contributed by atoms with Gasteiger partial charge in [0, 0.05) is 92.6 Å². The molecule has 13 rings (SSSR count). The smallest absolute Gasteiger partial charge is 0.135 e. The number of pyridine rings is 1. The molecule has 0 fully saturated rings. The Bertz CT molecular complexity index is 4760. The molecule has 0 bridgehead atoms. The van der Waals surface area contributed by atoms with E-state index in [4.69, 9.17) is 17.9 Å². The number of hydrogen-bond acceptors (Lipinski definition) is 5. The molecule has 0 spiro atoms. The van der Waals surface area contributed by atoms with E-state index in [1.54, 1.807) is 34.4 Å². The molecule has 5 nitrogen and oxygen atoms in total. The Morgan fingerprint density at radius 2 is 1.24 bits per heavy atom. The van der Waals surface area contributed by atoms with Crippen LogP contribution in [0.1, 0.15) is 116 Å². The van der Waals surface area contributed by atoms with Crippen molar-refractivity contribution >= 4 is 76.1 Å². The van der Waals surface area contributed by atoms with Crippen LogP contribution in [0.3, 0.4) is 0 Å². The molecule has 0 radical (unpaired) electrons. The number of ether oxygens (including phenoxy) is 1. The molecular weight excluding hydrogens is 1180 g/mol.